The summed E-state index contributed by atoms with van der Waals surface area (Å²) in [4.78, 5) is 3.46. The highest BCUT2D eigenvalue weighted by Gasteiger charge is 2.20. The first-order valence-electron chi connectivity index (χ1n) is 4.98. The van der Waals surface area contributed by atoms with Gasteiger partial charge in [-0.3, -0.25) is 4.72 Å². The minimum atomic E-state index is -3.99. The van der Waals surface area contributed by atoms with Crippen LogP contribution in [0.3, 0.4) is 0 Å². The topological polar surface area (TPSA) is 59.1 Å². The van der Waals surface area contributed by atoms with E-state index in [4.69, 9.17) is 11.6 Å². The maximum absolute atomic E-state index is 13.5. The van der Waals surface area contributed by atoms with Crippen molar-refractivity contribution in [3.63, 3.8) is 0 Å². The van der Waals surface area contributed by atoms with Gasteiger partial charge in [0.05, 0.1) is 5.69 Å². The lowest BCUT2D eigenvalue weighted by Crippen LogP contribution is -2.14. The zero-order valence-corrected chi connectivity index (χ0v) is 12.4. The van der Waals surface area contributed by atoms with Gasteiger partial charge in [-0.2, -0.15) is 0 Å². The van der Waals surface area contributed by atoms with Crippen LogP contribution >= 0.6 is 27.5 Å². The molecule has 0 unspecified atom stereocenters. The van der Waals surface area contributed by atoms with E-state index in [9.17, 15) is 12.8 Å². The molecule has 19 heavy (non-hydrogen) atoms. The Balaban J connectivity index is 2.43. The van der Waals surface area contributed by atoms with Crippen molar-refractivity contribution in [1.82, 2.24) is 4.98 Å². The van der Waals surface area contributed by atoms with Crippen molar-refractivity contribution in [2.24, 2.45) is 0 Å². The van der Waals surface area contributed by atoms with E-state index in [-0.39, 0.29) is 15.7 Å². The number of hydrogen-bond donors (Lipinski definition) is 1. The molecule has 0 fully saturated rings. The minimum Gasteiger partial charge on any atom is -0.277 e. The summed E-state index contributed by atoms with van der Waals surface area (Å²) < 4.78 is 40.3. The first-order valence-corrected chi connectivity index (χ1v) is 7.64. The van der Waals surface area contributed by atoms with Crippen LogP contribution in [0.5, 0.6) is 0 Å². The van der Waals surface area contributed by atoms with Crippen LogP contribution in [-0.2, 0) is 10.0 Å². The molecule has 1 aromatic carbocycles. The van der Waals surface area contributed by atoms with Gasteiger partial charge in [0.1, 0.15) is 15.9 Å². The van der Waals surface area contributed by atoms with Crippen LogP contribution in [0, 0.1) is 5.82 Å². The average molecular weight is 366 g/mol. The second-order valence-corrected chi connectivity index (χ2v) is 6.45. The molecule has 0 amide bonds. The summed E-state index contributed by atoms with van der Waals surface area (Å²) in [6, 6.07) is 6.64. The average Bonchev–Trinajstić information content (AvgIpc) is 2.34. The second kappa shape index (κ2) is 5.44. The lowest BCUT2D eigenvalue weighted by atomic mass is 10.3. The van der Waals surface area contributed by atoms with Gasteiger partial charge in [-0.05, 0) is 30.3 Å². The van der Waals surface area contributed by atoms with Gasteiger partial charge in [-0.25, -0.2) is 17.8 Å². The number of aromatic nitrogens is 1. The Morgan fingerprint density at radius 1 is 1.32 bits per heavy atom. The summed E-state index contributed by atoms with van der Waals surface area (Å²) in [5.74, 6) is -0.688. The van der Waals surface area contributed by atoms with Crippen molar-refractivity contribution < 1.29 is 12.8 Å². The van der Waals surface area contributed by atoms with Gasteiger partial charge in [0.2, 0.25) is 0 Å². The highest BCUT2D eigenvalue weighted by Crippen LogP contribution is 2.25. The molecule has 0 saturated heterocycles. The van der Waals surface area contributed by atoms with Crippen LogP contribution in [0.2, 0.25) is 5.15 Å². The van der Waals surface area contributed by atoms with Gasteiger partial charge in [0, 0.05) is 10.7 Å². The Morgan fingerprint density at radius 2 is 2.05 bits per heavy atom. The first-order chi connectivity index (χ1) is 8.90. The predicted octanol–water partition coefficient (Wildman–Crippen LogP) is 3.44. The largest absolute Gasteiger partial charge is 0.277 e. The number of sulfonamides is 1. The zero-order chi connectivity index (χ0) is 14.0. The highest BCUT2D eigenvalue weighted by atomic mass is 79.9. The summed E-state index contributed by atoms with van der Waals surface area (Å²) in [7, 11) is -3.99. The Hall–Kier alpha value is -1.18. The fourth-order valence-electron chi connectivity index (χ4n) is 1.35. The minimum absolute atomic E-state index is 0.172. The summed E-state index contributed by atoms with van der Waals surface area (Å²) in [5, 5.41) is -0.176. The summed E-state index contributed by atoms with van der Waals surface area (Å²) in [5.41, 5.74) is -0.172. The summed E-state index contributed by atoms with van der Waals surface area (Å²) in [6.07, 6.45) is 1.36. The van der Waals surface area contributed by atoms with E-state index in [0.29, 0.717) is 4.47 Å². The molecule has 0 aliphatic rings. The third-order valence-electron chi connectivity index (χ3n) is 2.19. The summed E-state index contributed by atoms with van der Waals surface area (Å²) >= 11 is 8.85. The predicted molar refractivity (Wildman–Crippen MR) is 74.2 cm³/mol. The molecule has 0 atom stereocenters. The molecule has 2 aromatic rings. The number of rotatable bonds is 3. The lowest BCUT2D eigenvalue weighted by Gasteiger charge is -2.09. The van der Waals surface area contributed by atoms with Gasteiger partial charge >= 0.3 is 0 Å². The fraction of sp³-hybridized carbons (Fsp3) is 0. The molecule has 0 spiro atoms. The SMILES string of the molecule is O=S(=O)(Nc1cc(Br)ccc1F)c1cccnc1Cl. The van der Waals surface area contributed by atoms with E-state index in [0.717, 1.165) is 6.07 Å². The fourth-order valence-corrected chi connectivity index (χ4v) is 3.22. The number of hydrogen-bond acceptors (Lipinski definition) is 3. The first kappa shape index (κ1) is 14.2. The molecule has 0 aliphatic carbocycles. The van der Waals surface area contributed by atoms with Crippen molar-refractivity contribution in [1.29, 1.82) is 0 Å². The molecular formula is C11H7BrClFN2O2S. The quantitative estimate of drug-likeness (QED) is 0.848. The number of pyridine rings is 1. The Labute approximate surface area is 122 Å². The molecule has 8 heteroatoms. The molecule has 4 nitrogen and oxygen atoms in total. The van der Waals surface area contributed by atoms with E-state index >= 15 is 0 Å². The van der Waals surface area contributed by atoms with Crippen molar-refractivity contribution in [3.8, 4) is 0 Å². The van der Waals surface area contributed by atoms with Gasteiger partial charge in [0.25, 0.3) is 10.0 Å². The van der Waals surface area contributed by atoms with Gasteiger partial charge < -0.3 is 0 Å². The Morgan fingerprint density at radius 3 is 2.74 bits per heavy atom. The molecule has 0 radical (unpaired) electrons. The van der Waals surface area contributed by atoms with E-state index in [2.05, 4.69) is 25.6 Å². The van der Waals surface area contributed by atoms with Crippen LogP contribution < -0.4 is 4.72 Å². The molecule has 0 saturated carbocycles. The maximum Gasteiger partial charge on any atom is 0.265 e. The van der Waals surface area contributed by atoms with Crippen LogP contribution in [0.4, 0.5) is 10.1 Å². The number of halogens is 3. The van der Waals surface area contributed by atoms with Gasteiger partial charge in [0.15, 0.2) is 0 Å². The van der Waals surface area contributed by atoms with Crippen LogP contribution in [0.15, 0.2) is 45.9 Å². The Kier molecular flexibility index (Phi) is 4.07. The maximum atomic E-state index is 13.5. The molecule has 2 rings (SSSR count). The molecular weight excluding hydrogens is 359 g/mol. The van der Waals surface area contributed by atoms with Gasteiger partial charge in [-0.1, -0.05) is 27.5 Å². The molecule has 1 aromatic heterocycles. The number of nitrogens with one attached hydrogen (secondary N) is 1. The molecule has 1 heterocycles. The van der Waals surface area contributed by atoms with E-state index in [1.165, 1.54) is 30.5 Å². The van der Waals surface area contributed by atoms with Crippen molar-refractivity contribution in [2.45, 2.75) is 4.90 Å². The van der Waals surface area contributed by atoms with Crippen LogP contribution in [0.1, 0.15) is 0 Å². The number of anilines is 1. The zero-order valence-electron chi connectivity index (χ0n) is 9.27. The molecule has 100 valence electrons. The van der Waals surface area contributed by atoms with Crippen molar-refractivity contribution >= 4 is 43.2 Å². The number of nitrogens with zero attached hydrogens (tertiary/aromatic N) is 1. The molecule has 0 bridgehead atoms. The normalized spacial score (nSPS) is 11.3. The smallest absolute Gasteiger partial charge is 0.265 e. The summed E-state index contributed by atoms with van der Waals surface area (Å²) in [6.45, 7) is 0. The number of benzene rings is 1. The van der Waals surface area contributed by atoms with Crippen molar-refractivity contribution in [3.05, 3.63) is 52.0 Å². The standard InChI is InChI=1S/C11H7BrClFN2O2S/c12-7-3-4-8(14)9(6-7)16-19(17,18)10-2-1-5-15-11(10)13/h1-6,16H. The van der Waals surface area contributed by atoms with Gasteiger partial charge in [-0.15, -0.1) is 0 Å². The van der Waals surface area contributed by atoms with Crippen molar-refractivity contribution in [2.75, 3.05) is 4.72 Å². The lowest BCUT2D eigenvalue weighted by molar-refractivity contribution is 0.598. The molecule has 0 aliphatic heterocycles. The molecule has 1 N–H and O–H groups in total. The Bertz CT molecular complexity index is 724. The second-order valence-electron chi connectivity index (χ2n) is 3.52. The van der Waals surface area contributed by atoms with E-state index in [1.54, 1.807) is 0 Å². The van der Waals surface area contributed by atoms with E-state index < -0.39 is 15.8 Å². The monoisotopic (exact) mass is 364 g/mol. The van der Waals surface area contributed by atoms with E-state index in [1.807, 2.05) is 0 Å². The third-order valence-corrected chi connectivity index (χ3v) is 4.49. The highest BCUT2D eigenvalue weighted by molar-refractivity contribution is 9.10. The van der Waals surface area contributed by atoms with Crippen LogP contribution in [0.25, 0.3) is 0 Å². The third kappa shape index (κ3) is 3.23. The van der Waals surface area contributed by atoms with Crippen LogP contribution in [-0.4, -0.2) is 13.4 Å².